The van der Waals surface area contributed by atoms with Crippen LogP contribution in [0.1, 0.15) is 119 Å². The van der Waals surface area contributed by atoms with Gasteiger partial charge in [0.2, 0.25) is 17.7 Å². The fourth-order valence-corrected chi connectivity index (χ4v) is 4.22. The van der Waals surface area contributed by atoms with E-state index in [1.165, 1.54) is 44.9 Å². The molecule has 3 amide bonds. The zero-order valence-corrected chi connectivity index (χ0v) is 24.3. The van der Waals surface area contributed by atoms with Crippen molar-refractivity contribution in [1.29, 1.82) is 0 Å². The Morgan fingerprint density at radius 1 is 0.944 bits per heavy atom. The molecule has 0 heterocycles. The Hall–Kier alpha value is -1.67. The summed E-state index contributed by atoms with van der Waals surface area (Å²) in [5.74, 6) is -0.113. The molecular weight excluding hydrogens is 454 g/mol. The van der Waals surface area contributed by atoms with Crippen molar-refractivity contribution in [3.63, 3.8) is 0 Å². The summed E-state index contributed by atoms with van der Waals surface area (Å²) >= 11 is 0. The average Bonchev–Trinajstić information content (AvgIpc) is 2.85. The second kappa shape index (κ2) is 25.0. The number of primary amides is 1. The minimum Gasteiger partial charge on any atom is -0.368 e. The minimum atomic E-state index is -0.720. The van der Waals surface area contributed by atoms with Crippen LogP contribution in [0, 0.1) is 11.8 Å². The molecule has 214 valence electrons. The summed E-state index contributed by atoms with van der Waals surface area (Å²) in [5.41, 5.74) is 11.0. The maximum atomic E-state index is 12.7. The normalized spacial score (nSPS) is 15.0. The van der Waals surface area contributed by atoms with E-state index < -0.39 is 17.9 Å². The van der Waals surface area contributed by atoms with Gasteiger partial charge in [0.15, 0.2) is 0 Å². The monoisotopic (exact) mass is 513 g/mol. The van der Waals surface area contributed by atoms with E-state index in [4.69, 9.17) is 11.5 Å². The van der Waals surface area contributed by atoms with Crippen LogP contribution in [-0.4, -0.2) is 49.4 Å². The number of nitrogens with one attached hydrogen (secondary N) is 3. The smallest absolute Gasteiger partial charge is 0.240 e. The minimum absolute atomic E-state index is 0.169. The summed E-state index contributed by atoms with van der Waals surface area (Å²) in [5, 5.41) is 8.69. The molecule has 1 aliphatic carbocycles. The summed E-state index contributed by atoms with van der Waals surface area (Å²) < 4.78 is 0. The molecule has 0 aromatic rings. The Morgan fingerprint density at radius 3 is 2.08 bits per heavy atom. The van der Waals surface area contributed by atoms with Crippen LogP contribution in [-0.2, 0) is 14.4 Å². The van der Waals surface area contributed by atoms with Gasteiger partial charge in [0.1, 0.15) is 6.04 Å². The van der Waals surface area contributed by atoms with Crippen LogP contribution in [0.25, 0.3) is 0 Å². The van der Waals surface area contributed by atoms with Gasteiger partial charge in [-0.05, 0) is 57.0 Å². The number of carbonyl (C=O) groups excluding carboxylic acids is 3. The lowest BCUT2D eigenvalue weighted by Crippen LogP contribution is -2.51. The predicted molar refractivity (Wildman–Crippen MR) is 151 cm³/mol. The molecule has 0 spiro atoms. The average molecular weight is 514 g/mol. The Bertz CT molecular complexity index is 551. The van der Waals surface area contributed by atoms with Gasteiger partial charge < -0.3 is 27.4 Å². The highest BCUT2D eigenvalue weighted by molar-refractivity contribution is 5.90. The highest BCUT2D eigenvalue weighted by atomic mass is 16.2. The molecule has 0 aliphatic heterocycles. The van der Waals surface area contributed by atoms with E-state index in [-0.39, 0.29) is 24.4 Å². The van der Waals surface area contributed by atoms with E-state index in [0.29, 0.717) is 19.4 Å². The van der Waals surface area contributed by atoms with Crippen LogP contribution >= 0.6 is 0 Å². The Labute approximate surface area is 221 Å². The maximum absolute atomic E-state index is 12.7. The van der Waals surface area contributed by atoms with Crippen molar-refractivity contribution in [1.82, 2.24) is 16.0 Å². The highest BCUT2D eigenvalue weighted by Crippen LogP contribution is 2.27. The van der Waals surface area contributed by atoms with Crippen LogP contribution < -0.4 is 27.4 Å². The first-order chi connectivity index (χ1) is 17.2. The van der Waals surface area contributed by atoms with Crippen molar-refractivity contribution in [3.8, 4) is 0 Å². The lowest BCUT2D eigenvalue weighted by Gasteiger charge is -2.23. The highest BCUT2D eigenvalue weighted by Gasteiger charge is 2.22. The van der Waals surface area contributed by atoms with Crippen molar-refractivity contribution in [3.05, 3.63) is 0 Å². The molecule has 1 saturated carbocycles. The predicted octanol–water partition coefficient (Wildman–Crippen LogP) is 4.01. The van der Waals surface area contributed by atoms with Gasteiger partial charge in [-0.15, -0.1) is 0 Å². The summed E-state index contributed by atoms with van der Waals surface area (Å²) in [6.07, 6.45) is 13.1. The third-order valence-corrected chi connectivity index (χ3v) is 5.98. The molecule has 0 bridgehead atoms. The van der Waals surface area contributed by atoms with E-state index in [1.54, 1.807) is 0 Å². The fourth-order valence-electron chi connectivity index (χ4n) is 4.22. The quantitative estimate of drug-likeness (QED) is 0.198. The van der Waals surface area contributed by atoms with E-state index in [2.05, 4.69) is 29.8 Å². The standard InChI is InChI=1S/C23H45N5O3.C3H8.C2H6/c1-17(2)15-20(22(25)30)28-21(29)16-27-23(31)19(12-6-7-13-24)26-14-8-11-18-9-4-3-5-10-18;1-3-2;1-2/h17-20,26H,3-16,24H2,1-2H3,(H2,25,30)(H,27,31)(H,28,29);3H2,1-2H3;1-2H3/t19-,20-;;/m0../s1. The van der Waals surface area contributed by atoms with E-state index in [9.17, 15) is 14.4 Å². The number of hydrogen-bond acceptors (Lipinski definition) is 5. The molecule has 1 aliphatic rings. The SMILES string of the molecule is CC.CC(C)C[C@H](NC(=O)CNC(=O)[C@H](CCCCN)NCCCC1CCCCC1)C(N)=O.CCC. The third-order valence-electron chi connectivity index (χ3n) is 5.98. The molecule has 0 aromatic carbocycles. The topological polar surface area (TPSA) is 139 Å². The molecule has 8 nitrogen and oxygen atoms in total. The van der Waals surface area contributed by atoms with E-state index in [0.717, 1.165) is 31.7 Å². The molecule has 2 atom stereocenters. The van der Waals surface area contributed by atoms with E-state index >= 15 is 0 Å². The Morgan fingerprint density at radius 2 is 1.56 bits per heavy atom. The fraction of sp³-hybridized carbons (Fsp3) is 0.893. The zero-order valence-electron chi connectivity index (χ0n) is 24.3. The molecule has 0 unspecified atom stereocenters. The summed E-state index contributed by atoms with van der Waals surface area (Å²) in [6, 6.07) is -1.06. The van der Waals surface area contributed by atoms with Crippen LogP contribution in [0.15, 0.2) is 0 Å². The first kappa shape index (κ1) is 36.5. The molecule has 0 saturated heterocycles. The van der Waals surface area contributed by atoms with Gasteiger partial charge in [0.25, 0.3) is 0 Å². The zero-order chi connectivity index (χ0) is 27.8. The number of rotatable bonds is 16. The first-order valence-corrected chi connectivity index (χ1v) is 14.5. The van der Waals surface area contributed by atoms with Crippen LogP contribution in [0.2, 0.25) is 0 Å². The van der Waals surface area contributed by atoms with Gasteiger partial charge in [-0.25, -0.2) is 0 Å². The van der Waals surface area contributed by atoms with Crippen molar-refractivity contribution < 1.29 is 14.4 Å². The van der Waals surface area contributed by atoms with Gasteiger partial charge in [-0.2, -0.15) is 0 Å². The third kappa shape index (κ3) is 20.5. The number of carbonyl (C=O) groups is 3. The summed E-state index contributed by atoms with van der Waals surface area (Å²) in [4.78, 5) is 36.4. The van der Waals surface area contributed by atoms with Crippen LogP contribution in [0.5, 0.6) is 0 Å². The summed E-state index contributed by atoms with van der Waals surface area (Å²) in [6.45, 7) is 13.4. The number of amides is 3. The maximum Gasteiger partial charge on any atom is 0.240 e. The van der Waals surface area contributed by atoms with Gasteiger partial charge in [-0.1, -0.05) is 86.5 Å². The molecule has 1 fully saturated rings. The van der Waals surface area contributed by atoms with Gasteiger partial charge in [0, 0.05) is 0 Å². The van der Waals surface area contributed by atoms with Gasteiger partial charge in [-0.3, -0.25) is 14.4 Å². The number of unbranched alkanes of at least 4 members (excludes halogenated alkanes) is 1. The molecular formula is C28H59N5O3. The second-order valence-electron chi connectivity index (χ2n) is 10.0. The summed E-state index contributed by atoms with van der Waals surface area (Å²) in [7, 11) is 0. The van der Waals surface area contributed by atoms with Crippen molar-refractivity contribution in [2.45, 2.75) is 131 Å². The lowest BCUT2D eigenvalue weighted by molar-refractivity contribution is -0.129. The number of nitrogens with two attached hydrogens (primary N) is 2. The molecule has 8 heteroatoms. The van der Waals surface area contributed by atoms with E-state index in [1.807, 2.05) is 27.7 Å². The molecule has 0 aromatic heterocycles. The molecule has 0 radical (unpaired) electrons. The van der Waals surface area contributed by atoms with Crippen molar-refractivity contribution in [2.24, 2.45) is 23.3 Å². The van der Waals surface area contributed by atoms with Gasteiger partial charge in [0.05, 0.1) is 12.6 Å². The number of hydrogen-bond donors (Lipinski definition) is 5. The molecule has 36 heavy (non-hydrogen) atoms. The molecule has 7 N–H and O–H groups in total. The van der Waals surface area contributed by atoms with Gasteiger partial charge >= 0.3 is 0 Å². The Kier molecular flexibility index (Phi) is 25.3. The van der Waals surface area contributed by atoms with Crippen LogP contribution in [0.3, 0.4) is 0 Å². The lowest BCUT2D eigenvalue weighted by atomic mass is 9.86. The van der Waals surface area contributed by atoms with Crippen molar-refractivity contribution in [2.75, 3.05) is 19.6 Å². The Balaban J connectivity index is 0. The second-order valence-corrected chi connectivity index (χ2v) is 10.0. The van der Waals surface area contributed by atoms with Crippen molar-refractivity contribution >= 4 is 17.7 Å². The largest absolute Gasteiger partial charge is 0.368 e. The molecule has 1 rings (SSSR count). The first-order valence-electron chi connectivity index (χ1n) is 14.5. The van der Waals surface area contributed by atoms with Crippen LogP contribution in [0.4, 0.5) is 0 Å².